The van der Waals surface area contributed by atoms with Crippen LogP contribution in [0.3, 0.4) is 0 Å². The maximum Gasteiger partial charge on any atom is 0.282 e. The molecule has 0 unspecified atom stereocenters. The second-order valence-corrected chi connectivity index (χ2v) is 8.35. The minimum Gasteiger partial charge on any atom is -0.491 e. The van der Waals surface area contributed by atoms with E-state index in [1.807, 2.05) is 92.4 Å². The highest BCUT2D eigenvalue weighted by atomic mass is 16.5. The number of hydrogen-bond donors (Lipinski definition) is 0. The number of nitrogens with zero attached hydrogens (tertiary/aromatic N) is 2. The van der Waals surface area contributed by atoms with Gasteiger partial charge in [-0.05, 0) is 43.5 Å². The Morgan fingerprint density at radius 3 is 2.18 bits per heavy atom. The fraction of sp³-hybridized carbons (Fsp3) is 0.241. The quantitative estimate of drug-likeness (QED) is 0.396. The number of hydrogen-bond acceptors (Lipinski definition) is 4. The first-order valence-electron chi connectivity index (χ1n) is 11.8. The lowest BCUT2D eigenvalue weighted by atomic mass is 10.0. The van der Waals surface area contributed by atoms with E-state index >= 15 is 0 Å². The highest BCUT2D eigenvalue weighted by Crippen LogP contribution is 2.39. The number of anilines is 1. The molecular weight excluding hydrogens is 424 g/mol. The number of amides is 2. The van der Waals surface area contributed by atoms with E-state index in [4.69, 9.17) is 4.74 Å². The molecule has 1 aliphatic heterocycles. The Labute approximate surface area is 201 Å². The third-order valence-electron chi connectivity index (χ3n) is 5.88. The minimum atomic E-state index is -0.331. The van der Waals surface area contributed by atoms with Gasteiger partial charge in [0.2, 0.25) is 0 Å². The van der Waals surface area contributed by atoms with Crippen LogP contribution >= 0.6 is 0 Å². The SMILES string of the molecule is CCCOc1ccccc1N1C(=O)C(c2ccc(C)cc2)=C(N(CC)Cc2ccccc2)C1=O. The summed E-state index contributed by atoms with van der Waals surface area (Å²) < 4.78 is 5.89. The Kier molecular flexibility index (Phi) is 7.12. The molecule has 0 bridgehead atoms. The van der Waals surface area contributed by atoms with Crippen molar-refractivity contribution in [1.29, 1.82) is 0 Å². The first-order chi connectivity index (χ1) is 16.5. The van der Waals surface area contributed by atoms with Gasteiger partial charge in [0, 0.05) is 13.1 Å². The second kappa shape index (κ2) is 10.4. The van der Waals surface area contributed by atoms with Crippen LogP contribution < -0.4 is 9.64 Å². The van der Waals surface area contributed by atoms with Crippen LogP contribution in [0.5, 0.6) is 5.75 Å². The molecule has 0 atom stereocenters. The lowest BCUT2D eigenvalue weighted by Gasteiger charge is -2.25. The van der Waals surface area contributed by atoms with Gasteiger partial charge in [0.1, 0.15) is 11.4 Å². The molecule has 174 valence electrons. The van der Waals surface area contributed by atoms with Crippen LogP contribution in [-0.2, 0) is 16.1 Å². The van der Waals surface area contributed by atoms with Crippen molar-refractivity contribution in [3.8, 4) is 5.75 Å². The van der Waals surface area contributed by atoms with E-state index in [1.54, 1.807) is 12.1 Å². The van der Waals surface area contributed by atoms with Crippen molar-refractivity contribution in [1.82, 2.24) is 4.90 Å². The molecule has 2 amide bonds. The van der Waals surface area contributed by atoms with E-state index < -0.39 is 0 Å². The van der Waals surface area contributed by atoms with Crippen molar-refractivity contribution in [3.63, 3.8) is 0 Å². The Balaban J connectivity index is 1.82. The zero-order valence-corrected chi connectivity index (χ0v) is 20.0. The molecule has 5 heteroatoms. The number of rotatable bonds is 9. The van der Waals surface area contributed by atoms with Gasteiger partial charge in [-0.2, -0.15) is 0 Å². The minimum absolute atomic E-state index is 0.328. The van der Waals surface area contributed by atoms with Gasteiger partial charge in [-0.1, -0.05) is 79.2 Å². The van der Waals surface area contributed by atoms with Gasteiger partial charge in [-0.25, -0.2) is 4.90 Å². The third kappa shape index (κ3) is 4.60. The summed E-state index contributed by atoms with van der Waals surface area (Å²) in [6.45, 7) is 7.65. The van der Waals surface area contributed by atoms with Crippen LogP contribution in [0.1, 0.15) is 37.0 Å². The molecule has 0 aliphatic carbocycles. The van der Waals surface area contributed by atoms with E-state index in [-0.39, 0.29) is 11.8 Å². The molecule has 3 aromatic rings. The normalized spacial score (nSPS) is 13.6. The standard InChI is InChI=1S/C29H30N2O3/c1-4-19-34-25-14-10-9-13-24(25)31-28(32)26(23-17-15-21(3)16-18-23)27(29(31)33)30(5-2)20-22-11-7-6-8-12-22/h6-18H,4-5,19-20H2,1-3H3. The molecule has 0 saturated heterocycles. The van der Waals surface area contributed by atoms with Gasteiger partial charge < -0.3 is 9.64 Å². The van der Waals surface area contributed by atoms with Crippen LogP contribution in [0.2, 0.25) is 0 Å². The number of benzene rings is 3. The van der Waals surface area contributed by atoms with Crippen LogP contribution in [0.25, 0.3) is 5.57 Å². The maximum absolute atomic E-state index is 13.9. The summed E-state index contributed by atoms with van der Waals surface area (Å²) in [6.07, 6.45) is 0.828. The number of imide groups is 1. The predicted octanol–water partition coefficient (Wildman–Crippen LogP) is 5.59. The number of likely N-dealkylation sites (N-methyl/N-ethyl adjacent to an activating group) is 1. The van der Waals surface area contributed by atoms with Crippen LogP contribution in [0.15, 0.2) is 84.6 Å². The van der Waals surface area contributed by atoms with Gasteiger partial charge in [0.15, 0.2) is 0 Å². The Hall–Kier alpha value is -3.86. The highest BCUT2D eigenvalue weighted by molar-refractivity contribution is 6.45. The summed E-state index contributed by atoms with van der Waals surface area (Å²) >= 11 is 0. The van der Waals surface area contributed by atoms with Crippen molar-refractivity contribution in [2.24, 2.45) is 0 Å². The molecule has 4 rings (SSSR count). The monoisotopic (exact) mass is 454 g/mol. The number of aryl methyl sites for hydroxylation is 1. The Morgan fingerprint density at radius 1 is 0.824 bits per heavy atom. The molecule has 0 radical (unpaired) electrons. The molecular formula is C29H30N2O3. The first-order valence-corrected chi connectivity index (χ1v) is 11.8. The molecule has 3 aromatic carbocycles. The lowest BCUT2D eigenvalue weighted by molar-refractivity contribution is -0.120. The van der Waals surface area contributed by atoms with Crippen LogP contribution in [0, 0.1) is 6.92 Å². The second-order valence-electron chi connectivity index (χ2n) is 8.35. The number of carbonyl (C=O) groups is 2. The summed E-state index contributed by atoms with van der Waals surface area (Å²) in [4.78, 5) is 31.1. The van der Waals surface area contributed by atoms with E-state index in [1.165, 1.54) is 4.90 Å². The fourth-order valence-electron chi connectivity index (χ4n) is 4.14. The lowest BCUT2D eigenvalue weighted by Crippen LogP contribution is -2.35. The van der Waals surface area contributed by atoms with E-state index in [9.17, 15) is 9.59 Å². The summed E-state index contributed by atoms with van der Waals surface area (Å²) in [6, 6.07) is 25.0. The van der Waals surface area contributed by atoms with Gasteiger partial charge in [-0.15, -0.1) is 0 Å². The van der Waals surface area contributed by atoms with Crippen molar-refractivity contribution in [2.45, 2.75) is 33.7 Å². The molecule has 5 nitrogen and oxygen atoms in total. The highest BCUT2D eigenvalue weighted by Gasteiger charge is 2.43. The Morgan fingerprint density at radius 2 is 1.50 bits per heavy atom. The van der Waals surface area contributed by atoms with Crippen molar-refractivity contribution in [3.05, 3.63) is 101 Å². The van der Waals surface area contributed by atoms with Crippen LogP contribution in [-0.4, -0.2) is 29.9 Å². The maximum atomic E-state index is 13.9. The van der Waals surface area contributed by atoms with Crippen LogP contribution in [0.4, 0.5) is 5.69 Å². The van der Waals surface area contributed by atoms with E-state index in [0.717, 1.165) is 23.1 Å². The Bertz CT molecular complexity index is 1200. The summed E-state index contributed by atoms with van der Waals surface area (Å²) in [5.74, 6) is -0.129. The summed E-state index contributed by atoms with van der Waals surface area (Å²) in [7, 11) is 0. The molecule has 0 spiro atoms. The van der Waals surface area contributed by atoms with Gasteiger partial charge in [0.25, 0.3) is 11.8 Å². The van der Waals surface area contributed by atoms with Gasteiger partial charge >= 0.3 is 0 Å². The fourth-order valence-corrected chi connectivity index (χ4v) is 4.14. The zero-order chi connectivity index (χ0) is 24.1. The molecule has 1 aliphatic rings. The largest absolute Gasteiger partial charge is 0.491 e. The van der Waals surface area contributed by atoms with Crippen molar-refractivity contribution in [2.75, 3.05) is 18.1 Å². The van der Waals surface area contributed by atoms with Gasteiger partial charge in [0.05, 0.1) is 17.9 Å². The average Bonchev–Trinajstić information content (AvgIpc) is 3.12. The smallest absolute Gasteiger partial charge is 0.282 e. The topological polar surface area (TPSA) is 49.9 Å². The first kappa shape index (κ1) is 23.3. The molecule has 0 aromatic heterocycles. The molecule has 34 heavy (non-hydrogen) atoms. The zero-order valence-electron chi connectivity index (χ0n) is 20.0. The summed E-state index contributed by atoms with van der Waals surface area (Å²) in [5.41, 5.74) is 4.22. The van der Waals surface area contributed by atoms with E-state index in [0.29, 0.717) is 42.4 Å². The number of ether oxygens (including phenoxy) is 1. The molecule has 0 N–H and O–H groups in total. The number of carbonyl (C=O) groups excluding carboxylic acids is 2. The van der Waals surface area contributed by atoms with E-state index in [2.05, 4.69) is 0 Å². The van der Waals surface area contributed by atoms with Crippen molar-refractivity contribution < 1.29 is 14.3 Å². The van der Waals surface area contributed by atoms with Crippen molar-refractivity contribution >= 4 is 23.1 Å². The predicted molar refractivity (Wildman–Crippen MR) is 135 cm³/mol. The molecule has 0 saturated carbocycles. The number of para-hydroxylation sites is 2. The third-order valence-corrected chi connectivity index (χ3v) is 5.88. The average molecular weight is 455 g/mol. The molecule has 1 heterocycles. The molecule has 0 fully saturated rings. The van der Waals surface area contributed by atoms with Gasteiger partial charge in [-0.3, -0.25) is 9.59 Å². The summed E-state index contributed by atoms with van der Waals surface area (Å²) in [5, 5.41) is 0.